The maximum atomic E-state index is 12.7. The van der Waals surface area contributed by atoms with Crippen molar-refractivity contribution >= 4 is 29.1 Å². The molecular formula is C23H23Cl2N3O4. The average molecular weight is 476 g/mol. The topological polar surface area (TPSA) is 95.4 Å². The van der Waals surface area contributed by atoms with Crippen LogP contribution in [0.5, 0.6) is 0 Å². The van der Waals surface area contributed by atoms with Gasteiger partial charge in [0.05, 0.1) is 6.54 Å². The Morgan fingerprint density at radius 2 is 1.53 bits per heavy atom. The van der Waals surface area contributed by atoms with Crippen LogP contribution in [-0.2, 0) is 16.9 Å². The second-order valence-corrected chi connectivity index (χ2v) is 8.40. The summed E-state index contributed by atoms with van der Waals surface area (Å²) in [4.78, 5) is 39.3. The largest absolute Gasteiger partial charge is 0.379 e. The van der Waals surface area contributed by atoms with Gasteiger partial charge in [0.25, 0.3) is 5.56 Å². The summed E-state index contributed by atoms with van der Waals surface area (Å²) in [5.74, 6) is -0.191. The van der Waals surface area contributed by atoms with Crippen LogP contribution in [0.25, 0.3) is 0 Å². The average Bonchev–Trinajstić information content (AvgIpc) is 2.76. The van der Waals surface area contributed by atoms with Crippen molar-refractivity contribution in [3.8, 4) is 0 Å². The molecule has 0 aliphatic carbocycles. The fourth-order valence-corrected chi connectivity index (χ4v) is 3.70. The van der Waals surface area contributed by atoms with Gasteiger partial charge in [-0.25, -0.2) is 4.79 Å². The van der Waals surface area contributed by atoms with Crippen molar-refractivity contribution in [2.75, 3.05) is 13.6 Å². The minimum atomic E-state index is -1.48. The normalized spacial score (nSPS) is 11.4. The number of aromatic amines is 1. The SMILES string of the molecule is CN(CC(O)(c1ccc(Cl)cc1)c1ccc(Cl)cc1)C(=O)CCCn1ccc(=O)[nH]c1=O. The number of nitrogens with one attached hydrogen (secondary N) is 1. The van der Waals surface area contributed by atoms with Gasteiger partial charge in [-0.05, 0) is 41.8 Å². The van der Waals surface area contributed by atoms with Gasteiger partial charge in [-0.3, -0.25) is 14.6 Å². The van der Waals surface area contributed by atoms with Crippen LogP contribution in [0.1, 0.15) is 24.0 Å². The lowest BCUT2D eigenvalue weighted by Crippen LogP contribution is -2.42. The number of likely N-dealkylation sites (N-methyl/N-ethyl adjacent to an activating group) is 1. The molecule has 1 amide bonds. The van der Waals surface area contributed by atoms with Crippen LogP contribution in [-0.4, -0.2) is 39.1 Å². The standard InChI is InChI=1S/C23H23Cl2N3O4/c1-27(21(30)3-2-13-28-14-12-20(29)26-22(28)31)15-23(32,16-4-8-18(24)9-5-16)17-6-10-19(25)11-7-17/h4-12,14,32H,2-3,13,15H2,1H3,(H,26,29,31). The maximum absolute atomic E-state index is 12.7. The fourth-order valence-electron chi connectivity index (χ4n) is 3.44. The molecule has 1 aromatic heterocycles. The number of halogens is 2. The zero-order valence-electron chi connectivity index (χ0n) is 17.4. The first-order valence-corrected chi connectivity index (χ1v) is 10.7. The van der Waals surface area contributed by atoms with Crippen molar-refractivity contribution in [2.24, 2.45) is 0 Å². The number of benzene rings is 2. The molecule has 3 rings (SSSR count). The van der Waals surface area contributed by atoms with E-state index in [0.29, 0.717) is 27.6 Å². The van der Waals surface area contributed by atoms with Crippen LogP contribution in [0.4, 0.5) is 0 Å². The van der Waals surface area contributed by atoms with Crippen LogP contribution in [0.2, 0.25) is 10.0 Å². The summed E-state index contributed by atoms with van der Waals surface area (Å²) >= 11 is 12.0. The summed E-state index contributed by atoms with van der Waals surface area (Å²) < 4.78 is 1.34. The van der Waals surface area contributed by atoms with Crippen molar-refractivity contribution in [3.05, 3.63) is 103 Å². The lowest BCUT2D eigenvalue weighted by Gasteiger charge is -2.34. The van der Waals surface area contributed by atoms with Crippen LogP contribution in [0.3, 0.4) is 0 Å². The summed E-state index contributed by atoms with van der Waals surface area (Å²) in [6.07, 6.45) is 1.96. The summed E-state index contributed by atoms with van der Waals surface area (Å²) in [5.41, 5.74) is -1.29. The molecule has 0 fully saturated rings. The Morgan fingerprint density at radius 3 is 2.03 bits per heavy atom. The summed E-state index contributed by atoms with van der Waals surface area (Å²) in [5, 5.41) is 12.7. The summed E-state index contributed by atoms with van der Waals surface area (Å²) in [6.45, 7) is 0.293. The van der Waals surface area contributed by atoms with E-state index in [2.05, 4.69) is 4.98 Å². The number of carbonyl (C=O) groups excluding carboxylic acids is 1. The molecule has 0 aliphatic heterocycles. The number of rotatable bonds is 8. The van der Waals surface area contributed by atoms with Crippen LogP contribution < -0.4 is 11.2 Å². The summed E-state index contributed by atoms with van der Waals surface area (Å²) in [7, 11) is 1.62. The van der Waals surface area contributed by atoms with Crippen molar-refractivity contribution in [1.29, 1.82) is 0 Å². The molecule has 1 heterocycles. The number of aromatic nitrogens is 2. The Balaban J connectivity index is 1.74. The van der Waals surface area contributed by atoms with E-state index in [1.54, 1.807) is 55.6 Å². The quantitative estimate of drug-likeness (QED) is 0.523. The lowest BCUT2D eigenvalue weighted by molar-refractivity contribution is -0.132. The molecule has 0 radical (unpaired) electrons. The number of hydrogen-bond acceptors (Lipinski definition) is 4. The molecule has 0 saturated heterocycles. The van der Waals surface area contributed by atoms with Crippen molar-refractivity contribution < 1.29 is 9.90 Å². The molecular weight excluding hydrogens is 453 g/mol. The van der Waals surface area contributed by atoms with Gasteiger partial charge in [0.1, 0.15) is 5.60 Å². The molecule has 0 spiro atoms. The van der Waals surface area contributed by atoms with E-state index in [9.17, 15) is 19.5 Å². The van der Waals surface area contributed by atoms with Gasteiger partial charge < -0.3 is 14.6 Å². The molecule has 0 saturated carbocycles. The van der Waals surface area contributed by atoms with Gasteiger partial charge in [-0.15, -0.1) is 0 Å². The Hall–Kier alpha value is -2.87. The third kappa shape index (κ3) is 5.68. The summed E-state index contributed by atoms with van der Waals surface area (Å²) in [6, 6.07) is 14.9. The molecule has 32 heavy (non-hydrogen) atoms. The Labute approximate surface area is 194 Å². The van der Waals surface area contributed by atoms with Gasteiger partial charge in [0.15, 0.2) is 0 Å². The first-order valence-electron chi connectivity index (χ1n) is 9.97. The monoisotopic (exact) mass is 475 g/mol. The first-order chi connectivity index (χ1) is 15.2. The number of aryl methyl sites for hydroxylation is 1. The Morgan fingerprint density at radius 1 is 1.00 bits per heavy atom. The van der Waals surface area contributed by atoms with Crippen LogP contribution in [0.15, 0.2) is 70.4 Å². The van der Waals surface area contributed by atoms with E-state index >= 15 is 0 Å². The minimum absolute atomic E-state index is 0.00764. The molecule has 0 atom stereocenters. The van der Waals surface area contributed by atoms with E-state index in [4.69, 9.17) is 23.2 Å². The maximum Gasteiger partial charge on any atom is 0.328 e. The highest BCUT2D eigenvalue weighted by molar-refractivity contribution is 6.30. The molecule has 7 nitrogen and oxygen atoms in total. The second kappa shape index (κ2) is 10.2. The van der Waals surface area contributed by atoms with Crippen molar-refractivity contribution in [1.82, 2.24) is 14.5 Å². The number of H-pyrrole nitrogens is 1. The van der Waals surface area contributed by atoms with E-state index in [-0.39, 0.29) is 25.4 Å². The number of hydrogen-bond donors (Lipinski definition) is 2. The molecule has 2 N–H and O–H groups in total. The number of aliphatic hydroxyl groups is 1. The van der Waals surface area contributed by atoms with E-state index in [0.717, 1.165) is 0 Å². The third-order valence-corrected chi connectivity index (χ3v) is 5.73. The van der Waals surface area contributed by atoms with Crippen molar-refractivity contribution in [2.45, 2.75) is 25.0 Å². The second-order valence-electron chi connectivity index (χ2n) is 7.53. The Bertz CT molecular complexity index is 1140. The molecule has 168 valence electrons. The fraction of sp³-hybridized carbons (Fsp3) is 0.261. The van der Waals surface area contributed by atoms with Gasteiger partial charge >= 0.3 is 5.69 Å². The van der Waals surface area contributed by atoms with Gasteiger partial charge in [-0.2, -0.15) is 0 Å². The number of carbonyl (C=O) groups is 1. The van der Waals surface area contributed by atoms with E-state index in [1.807, 2.05) is 0 Å². The highest BCUT2D eigenvalue weighted by Crippen LogP contribution is 2.32. The molecule has 0 unspecified atom stereocenters. The van der Waals surface area contributed by atoms with Crippen LogP contribution in [0, 0.1) is 0 Å². The van der Waals surface area contributed by atoms with Crippen LogP contribution >= 0.6 is 23.2 Å². The molecule has 0 aliphatic rings. The predicted octanol–water partition coefficient (Wildman–Crippen LogP) is 3.02. The molecule has 0 bridgehead atoms. The zero-order chi connectivity index (χ0) is 23.3. The van der Waals surface area contributed by atoms with Gasteiger partial charge in [0, 0.05) is 42.3 Å². The van der Waals surface area contributed by atoms with E-state index < -0.39 is 16.9 Å². The first kappa shape index (κ1) is 23.8. The zero-order valence-corrected chi connectivity index (χ0v) is 18.9. The molecule has 3 aromatic rings. The van der Waals surface area contributed by atoms with E-state index in [1.165, 1.54) is 21.7 Å². The third-order valence-electron chi connectivity index (χ3n) is 5.22. The van der Waals surface area contributed by atoms with Crippen molar-refractivity contribution in [3.63, 3.8) is 0 Å². The number of amides is 1. The highest BCUT2D eigenvalue weighted by Gasteiger charge is 2.34. The molecule has 9 heteroatoms. The Kier molecular flexibility index (Phi) is 7.56. The smallest absolute Gasteiger partial charge is 0.328 e. The highest BCUT2D eigenvalue weighted by atomic mass is 35.5. The number of nitrogens with zero attached hydrogens (tertiary/aromatic N) is 2. The van der Waals surface area contributed by atoms with Gasteiger partial charge in [-0.1, -0.05) is 47.5 Å². The predicted molar refractivity (Wildman–Crippen MR) is 124 cm³/mol. The minimum Gasteiger partial charge on any atom is -0.379 e. The van der Waals surface area contributed by atoms with Gasteiger partial charge in [0.2, 0.25) is 5.91 Å². The lowest BCUT2D eigenvalue weighted by atomic mass is 9.85. The molecule has 2 aromatic carbocycles.